The van der Waals surface area contributed by atoms with Crippen molar-refractivity contribution in [3.05, 3.63) is 24.3 Å². The summed E-state index contributed by atoms with van der Waals surface area (Å²) in [5.74, 6) is 0.244. The van der Waals surface area contributed by atoms with Crippen molar-refractivity contribution in [2.75, 3.05) is 6.54 Å². The van der Waals surface area contributed by atoms with Crippen molar-refractivity contribution in [1.82, 2.24) is 4.90 Å². The van der Waals surface area contributed by atoms with Crippen molar-refractivity contribution in [3.8, 4) is 0 Å². The zero-order valence-corrected chi connectivity index (χ0v) is 13.6. The first-order valence-corrected chi connectivity index (χ1v) is 8.49. The van der Waals surface area contributed by atoms with Crippen LogP contribution in [0.4, 0.5) is 0 Å². The topological polar surface area (TPSA) is 40.5 Å². The Hall–Kier alpha value is -1.09. The average molecular weight is 293 g/mol. The summed E-state index contributed by atoms with van der Waals surface area (Å²) in [6.45, 7) is 4.84. The van der Waals surface area contributed by atoms with Crippen LogP contribution >= 0.6 is 0 Å². The van der Waals surface area contributed by atoms with Crippen molar-refractivity contribution in [3.63, 3.8) is 0 Å². The first-order chi connectivity index (χ1) is 10.2. The maximum atomic E-state index is 12.3. The molecule has 1 unspecified atom stereocenters. The summed E-state index contributed by atoms with van der Waals surface area (Å²) >= 11 is 0. The van der Waals surface area contributed by atoms with Gasteiger partial charge in [-0.2, -0.15) is 0 Å². The van der Waals surface area contributed by atoms with Gasteiger partial charge in [0.25, 0.3) is 0 Å². The highest BCUT2D eigenvalue weighted by Crippen LogP contribution is 2.19. The van der Waals surface area contributed by atoms with Crippen LogP contribution in [0.15, 0.2) is 24.3 Å². The molecule has 1 heterocycles. The molecule has 1 aliphatic rings. The molecule has 0 bridgehead atoms. The first-order valence-electron chi connectivity index (χ1n) is 8.49. The van der Waals surface area contributed by atoms with Gasteiger partial charge >= 0.3 is 0 Å². The number of aliphatic hydroxyl groups is 1. The number of aliphatic hydroxyl groups excluding tert-OH is 1. The summed E-state index contributed by atoms with van der Waals surface area (Å²) in [4.78, 5) is 14.2. The van der Waals surface area contributed by atoms with Gasteiger partial charge in [0.15, 0.2) is 0 Å². The average Bonchev–Trinajstić information content (AvgIpc) is 2.66. The number of likely N-dealkylation sites (tertiary alicyclic amines) is 1. The SMILES string of the molecule is CCCC/C=C\CN1C(=O)CCCC[C@@H]1/C=C/C(O)CC. The lowest BCUT2D eigenvalue weighted by Crippen LogP contribution is -2.38. The largest absolute Gasteiger partial charge is 0.389 e. The third kappa shape index (κ3) is 6.94. The minimum atomic E-state index is -0.398. The van der Waals surface area contributed by atoms with E-state index in [0.717, 1.165) is 25.7 Å². The van der Waals surface area contributed by atoms with Crippen LogP contribution in [0.25, 0.3) is 0 Å². The quantitative estimate of drug-likeness (QED) is 0.546. The highest BCUT2D eigenvalue weighted by Gasteiger charge is 2.23. The number of hydrogen-bond acceptors (Lipinski definition) is 2. The van der Waals surface area contributed by atoms with Gasteiger partial charge in [0.1, 0.15) is 0 Å². The van der Waals surface area contributed by atoms with Crippen molar-refractivity contribution in [2.24, 2.45) is 0 Å². The maximum Gasteiger partial charge on any atom is 0.223 e. The van der Waals surface area contributed by atoms with Gasteiger partial charge in [-0.25, -0.2) is 0 Å². The minimum absolute atomic E-state index is 0.136. The molecule has 0 saturated carbocycles. The second-order valence-electron chi connectivity index (χ2n) is 5.83. The van der Waals surface area contributed by atoms with Crippen LogP contribution in [0.3, 0.4) is 0 Å². The van der Waals surface area contributed by atoms with E-state index >= 15 is 0 Å². The van der Waals surface area contributed by atoms with Crippen LogP contribution in [0.1, 0.15) is 65.2 Å². The summed E-state index contributed by atoms with van der Waals surface area (Å²) in [6, 6.07) is 0.136. The van der Waals surface area contributed by atoms with Gasteiger partial charge in [0.2, 0.25) is 5.91 Å². The fraction of sp³-hybridized carbons (Fsp3) is 0.722. The molecule has 1 saturated heterocycles. The van der Waals surface area contributed by atoms with Gasteiger partial charge in [0.05, 0.1) is 12.1 Å². The highest BCUT2D eigenvalue weighted by atomic mass is 16.3. The highest BCUT2D eigenvalue weighted by molar-refractivity contribution is 5.77. The molecule has 3 heteroatoms. The number of allylic oxidation sites excluding steroid dienone is 1. The minimum Gasteiger partial charge on any atom is -0.389 e. The zero-order chi connectivity index (χ0) is 15.5. The zero-order valence-electron chi connectivity index (χ0n) is 13.6. The van der Waals surface area contributed by atoms with Crippen LogP contribution < -0.4 is 0 Å². The Morgan fingerprint density at radius 2 is 2.14 bits per heavy atom. The van der Waals surface area contributed by atoms with Crippen molar-refractivity contribution >= 4 is 5.91 Å². The van der Waals surface area contributed by atoms with E-state index < -0.39 is 6.10 Å². The Kier molecular flexibility index (Phi) is 9.07. The normalized spacial score (nSPS) is 22.1. The predicted molar refractivity (Wildman–Crippen MR) is 88.1 cm³/mol. The van der Waals surface area contributed by atoms with Crippen molar-refractivity contribution in [1.29, 1.82) is 0 Å². The molecular weight excluding hydrogens is 262 g/mol. The summed E-state index contributed by atoms with van der Waals surface area (Å²) in [5.41, 5.74) is 0. The van der Waals surface area contributed by atoms with E-state index in [1.54, 1.807) is 0 Å². The molecule has 0 aromatic heterocycles. The number of nitrogens with zero attached hydrogens (tertiary/aromatic N) is 1. The molecule has 3 nitrogen and oxygen atoms in total. The fourth-order valence-electron chi connectivity index (χ4n) is 2.57. The number of hydrogen-bond donors (Lipinski definition) is 1. The molecule has 0 aromatic carbocycles. The monoisotopic (exact) mass is 293 g/mol. The molecule has 1 aliphatic heterocycles. The summed E-state index contributed by atoms with van der Waals surface area (Å²) in [5, 5.41) is 9.68. The molecule has 0 aliphatic carbocycles. The molecular formula is C18H31NO2. The Morgan fingerprint density at radius 1 is 1.33 bits per heavy atom. The molecule has 0 radical (unpaired) electrons. The van der Waals surface area contributed by atoms with E-state index in [1.807, 2.05) is 24.0 Å². The van der Waals surface area contributed by atoms with Gasteiger partial charge in [-0.1, -0.05) is 57.4 Å². The molecule has 0 spiro atoms. The van der Waals surface area contributed by atoms with Gasteiger partial charge in [0, 0.05) is 13.0 Å². The van der Waals surface area contributed by atoms with Crippen molar-refractivity contribution < 1.29 is 9.90 Å². The Labute approximate surface area is 129 Å². The third-order valence-electron chi connectivity index (χ3n) is 4.03. The maximum absolute atomic E-state index is 12.3. The standard InChI is InChI=1S/C18H31NO2/c1-3-5-6-7-10-15-19-16(13-14-17(20)4-2)11-8-9-12-18(19)21/h7,10,13-14,16-17,20H,3-6,8-9,11-12,15H2,1-2H3/b10-7-,14-13+/t16-,17?/m1/s1. The van der Waals surface area contributed by atoms with Crippen LogP contribution in [0.5, 0.6) is 0 Å². The molecule has 120 valence electrons. The van der Waals surface area contributed by atoms with Gasteiger partial charge in [-0.05, 0) is 25.7 Å². The van der Waals surface area contributed by atoms with Crippen molar-refractivity contribution in [2.45, 2.75) is 77.4 Å². The van der Waals surface area contributed by atoms with Crippen LogP contribution in [0.2, 0.25) is 0 Å². The second-order valence-corrected chi connectivity index (χ2v) is 5.83. The summed E-state index contributed by atoms with van der Waals surface area (Å²) in [7, 11) is 0. The molecule has 1 rings (SSSR count). The number of unbranched alkanes of at least 4 members (excludes halogenated alkanes) is 2. The van der Waals surface area contributed by atoms with E-state index in [1.165, 1.54) is 12.8 Å². The Balaban J connectivity index is 2.63. The lowest BCUT2D eigenvalue weighted by molar-refractivity contribution is -0.131. The molecule has 21 heavy (non-hydrogen) atoms. The van der Waals surface area contributed by atoms with Crippen LogP contribution in [-0.4, -0.2) is 34.6 Å². The second kappa shape index (κ2) is 10.6. The lowest BCUT2D eigenvalue weighted by atomic mass is 10.1. The molecule has 0 aromatic rings. The number of carbonyl (C=O) groups excluding carboxylic acids is 1. The summed E-state index contributed by atoms with van der Waals surface area (Å²) < 4.78 is 0. The third-order valence-corrected chi connectivity index (χ3v) is 4.03. The van der Waals surface area contributed by atoms with Crippen LogP contribution in [-0.2, 0) is 4.79 Å². The number of rotatable bonds is 8. The Morgan fingerprint density at radius 3 is 2.86 bits per heavy atom. The molecule has 1 amide bonds. The first kappa shape index (κ1) is 18.0. The van der Waals surface area contributed by atoms with Gasteiger partial charge in [-0.15, -0.1) is 0 Å². The molecule has 1 fully saturated rings. The van der Waals surface area contributed by atoms with E-state index in [2.05, 4.69) is 19.1 Å². The molecule has 2 atom stereocenters. The Bertz CT molecular complexity index is 349. The van der Waals surface area contributed by atoms with E-state index in [0.29, 0.717) is 19.4 Å². The predicted octanol–water partition coefficient (Wildman–Crippen LogP) is 3.83. The summed E-state index contributed by atoms with van der Waals surface area (Å²) in [6.07, 6.45) is 15.7. The number of carbonyl (C=O) groups is 1. The van der Waals surface area contributed by atoms with E-state index in [4.69, 9.17) is 0 Å². The van der Waals surface area contributed by atoms with E-state index in [-0.39, 0.29) is 11.9 Å². The van der Waals surface area contributed by atoms with Gasteiger partial charge in [-0.3, -0.25) is 4.79 Å². The smallest absolute Gasteiger partial charge is 0.223 e. The number of amides is 1. The fourth-order valence-corrected chi connectivity index (χ4v) is 2.57. The van der Waals surface area contributed by atoms with Gasteiger partial charge < -0.3 is 10.0 Å². The lowest BCUT2D eigenvalue weighted by Gasteiger charge is -2.27. The van der Waals surface area contributed by atoms with Crippen LogP contribution in [0, 0.1) is 0 Å². The molecule has 1 N–H and O–H groups in total. The van der Waals surface area contributed by atoms with E-state index in [9.17, 15) is 9.90 Å².